The van der Waals surface area contributed by atoms with Crippen LogP contribution in [0.2, 0.25) is 0 Å². The monoisotopic (exact) mass is 461 g/mol. The molecule has 1 saturated heterocycles. The quantitative estimate of drug-likeness (QED) is 0.458. The molecule has 1 amide bonds. The molecule has 178 valence electrons. The van der Waals surface area contributed by atoms with Crippen molar-refractivity contribution in [2.75, 3.05) is 20.3 Å². The number of aromatic nitrogens is 2. The molecule has 0 N–H and O–H groups in total. The summed E-state index contributed by atoms with van der Waals surface area (Å²) in [5.74, 6) is 2.16. The van der Waals surface area contributed by atoms with Gasteiger partial charge in [-0.25, -0.2) is 4.68 Å². The van der Waals surface area contributed by atoms with E-state index in [9.17, 15) is 4.79 Å². The van der Waals surface area contributed by atoms with E-state index in [1.54, 1.807) is 11.8 Å². The molecule has 7 heteroatoms. The maximum Gasteiger partial charge on any atom is 0.226 e. The Hall–Kier alpha value is -3.32. The third-order valence-corrected chi connectivity index (χ3v) is 6.45. The molecule has 1 aliphatic heterocycles. The van der Waals surface area contributed by atoms with Crippen LogP contribution in [0.4, 0.5) is 0 Å². The Morgan fingerprint density at radius 1 is 1.09 bits per heavy atom. The Kier molecular flexibility index (Phi) is 6.54. The molecular weight excluding hydrogens is 430 g/mol. The number of para-hydroxylation sites is 2. The second kappa shape index (κ2) is 9.89. The molecule has 1 aromatic heterocycles. The summed E-state index contributed by atoms with van der Waals surface area (Å²) in [6.07, 6.45) is 4.03. The van der Waals surface area contributed by atoms with E-state index < -0.39 is 0 Å². The van der Waals surface area contributed by atoms with E-state index in [2.05, 4.69) is 0 Å². The molecule has 1 atom stereocenters. The molecule has 0 bridgehead atoms. The van der Waals surface area contributed by atoms with Gasteiger partial charge in [0.05, 0.1) is 25.3 Å². The van der Waals surface area contributed by atoms with Gasteiger partial charge in [0.25, 0.3) is 0 Å². The number of benzene rings is 2. The first-order valence-corrected chi connectivity index (χ1v) is 12.0. The van der Waals surface area contributed by atoms with Crippen molar-refractivity contribution in [2.24, 2.45) is 13.0 Å². The largest absolute Gasteiger partial charge is 0.493 e. The van der Waals surface area contributed by atoms with Crippen LogP contribution in [0.5, 0.6) is 17.4 Å². The van der Waals surface area contributed by atoms with Crippen molar-refractivity contribution in [1.82, 2.24) is 14.7 Å². The van der Waals surface area contributed by atoms with Crippen LogP contribution in [0.1, 0.15) is 31.2 Å². The number of methoxy groups -OCH3 is 1. The Labute approximate surface area is 200 Å². The molecule has 1 aliphatic carbocycles. The number of aryl methyl sites for hydroxylation is 1. The summed E-state index contributed by atoms with van der Waals surface area (Å²) in [5, 5.41) is 4.82. The van der Waals surface area contributed by atoms with Crippen molar-refractivity contribution in [3.05, 3.63) is 60.2 Å². The van der Waals surface area contributed by atoms with Crippen molar-refractivity contribution >= 4 is 5.91 Å². The molecule has 5 rings (SSSR count). The number of carbonyl (C=O) groups is 1. The predicted molar refractivity (Wildman–Crippen MR) is 129 cm³/mol. The van der Waals surface area contributed by atoms with E-state index in [-0.39, 0.29) is 17.9 Å². The highest BCUT2D eigenvalue weighted by Crippen LogP contribution is 2.38. The third kappa shape index (κ3) is 4.80. The van der Waals surface area contributed by atoms with Crippen LogP contribution >= 0.6 is 0 Å². The van der Waals surface area contributed by atoms with Gasteiger partial charge in [0.2, 0.25) is 11.8 Å². The first-order valence-electron chi connectivity index (χ1n) is 12.0. The molecule has 2 aliphatic rings. The first kappa shape index (κ1) is 22.5. The number of ether oxygens (including phenoxy) is 3. The minimum atomic E-state index is 0.0816. The highest BCUT2D eigenvalue weighted by Gasteiger charge is 2.36. The van der Waals surface area contributed by atoms with Gasteiger partial charge in [-0.1, -0.05) is 42.5 Å². The summed E-state index contributed by atoms with van der Waals surface area (Å²) in [5.41, 5.74) is 2.68. The van der Waals surface area contributed by atoms with E-state index in [4.69, 9.17) is 19.3 Å². The normalized spacial score (nSPS) is 17.5. The molecule has 2 aromatic carbocycles. The zero-order chi connectivity index (χ0) is 23.5. The van der Waals surface area contributed by atoms with Crippen LogP contribution in [-0.2, 0) is 23.1 Å². The maximum absolute atomic E-state index is 13.3. The standard InChI is InChI=1S/C27H31N3O4/c1-29-27(34-24-13-7-6-12-23(24)32-2)22(25(28-29)19-9-4-3-5-10-19)18-30(26(31)20-14-15-20)17-21-11-8-16-33-21/h3-7,9-10,12-13,20-21H,8,11,14-18H2,1-2H3/t21-/m0/s1. The van der Waals surface area contributed by atoms with Crippen LogP contribution < -0.4 is 9.47 Å². The first-order chi connectivity index (χ1) is 16.6. The van der Waals surface area contributed by atoms with Crippen molar-refractivity contribution in [2.45, 2.75) is 38.3 Å². The molecule has 0 spiro atoms. The van der Waals surface area contributed by atoms with Gasteiger partial charge in [-0.2, -0.15) is 5.10 Å². The predicted octanol–water partition coefficient (Wildman–Crippen LogP) is 4.81. The number of carbonyl (C=O) groups excluding carboxylic acids is 1. The third-order valence-electron chi connectivity index (χ3n) is 6.45. The van der Waals surface area contributed by atoms with E-state index in [1.807, 2.05) is 66.5 Å². The van der Waals surface area contributed by atoms with Gasteiger partial charge < -0.3 is 19.1 Å². The zero-order valence-electron chi connectivity index (χ0n) is 19.8. The Balaban J connectivity index is 1.54. The fourth-order valence-corrected chi connectivity index (χ4v) is 4.50. The minimum Gasteiger partial charge on any atom is -0.493 e. The smallest absolute Gasteiger partial charge is 0.226 e. The van der Waals surface area contributed by atoms with Gasteiger partial charge in [0.15, 0.2) is 11.5 Å². The van der Waals surface area contributed by atoms with E-state index >= 15 is 0 Å². The van der Waals surface area contributed by atoms with Gasteiger partial charge in [-0.3, -0.25) is 4.79 Å². The number of nitrogens with zero attached hydrogens (tertiary/aromatic N) is 3. The van der Waals surface area contributed by atoms with Crippen molar-refractivity contribution < 1.29 is 19.0 Å². The fraction of sp³-hybridized carbons (Fsp3) is 0.407. The van der Waals surface area contributed by atoms with E-state index in [1.165, 1.54) is 0 Å². The molecule has 0 radical (unpaired) electrons. The summed E-state index contributed by atoms with van der Waals surface area (Å²) < 4.78 is 19.5. The summed E-state index contributed by atoms with van der Waals surface area (Å²) >= 11 is 0. The van der Waals surface area contributed by atoms with Crippen molar-refractivity contribution in [3.8, 4) is 28.6 Å². The average molecular weight is 462 g/mol. The van der Waals surface area contributed by atoms with Gasteiger partial charge >= 0.3 is 0 Å². The highest BCUT2D eigenvalue weighted by molar-refractivity contribution is 5.81. The molecule has 2 heterocycles. The molecule has 2 fully saturated rings. The van der Waals surface area contributed by atoms with Gasteiger partial charge in [0, 0.05) is 31.7 Å². The fourth-order valence-electron chi connectivity index (χ4n) is 4.50. The van der Waals surface area contributed by atoms with Crippen LogP contribution in [-0.4, -0.2) is 47.0 Å². The van der Waals surface area contributed by atoms with Crippen LogP contribution in [0.3, 0.4) is 0 Å². The van der Waals surface area contributed by atoms with Gasteiger partial charge in [-0.15, -0.1) is 0 Å². The van der Waals surface area contributed by atoms with Crippen molar-refractivity contribution in [1.29, 1.82) is 0 Å². The summed E-state index contributed by atoms with van der Waals surface area (Å²) in [7, 11) is 3.49. The molecule has 0 unspecified atom stereocenters. The lowest BCUT2D eigenvalue weighted by atomic mass is 10.1. The number of rotatable bonds is 9. The van der Waals surface area contributed by atoms with Gasteiger partial charge in [0.1, 0.15) is 5.69 Å². The lowest BCUT2D eigenvalue weighted by Crippen LogP contribution is -2.38. The van der Waals surface area contributed by atoms with Crippen molar-refractivity contribution in [3.63, 3.8) is 0 Å². The van der Waals surface area contributed by atoms with Gasteiger partial charge in [-0.05, 0) is 37.8 Å². The number of hydrogen-bond acceptors (Lipinski definition) is 5. The van der Waals surface area contributed by atoms with Crippen LogP contribution in [0, 0.1) is 5.92 Å². The summed E-state index contributed by atoms with van der Waals surface area (Å²) in [6, 6.07) is 17.6. The number of hydrogen-bond donors (Lipinski definition) is 0. The highest BCUT2D eigenvalue weighted by atomic mass is 16.5. The molecule has 1 saturated carbocycles. The van der Waals surface area contributed by atoms with Crippen LogP contribution in [0.25, 0.3) is 11.3 Å². The average Bonchev–Trinajstić information content (AvgIpc) is 3.51. The summed E-state index contributed by atoms with van der Waals surface area (Å²) in [4.78, 5) is 15.3. The molecule has 34 heavy (non-hydrogen) atoms. The number of amides is 1. The Morgan fingerprint density at radius 2 is 1.82 bits per heavy atom. The lowest BCUT2D eigenvalue weighted by Gasteiger charge is -2.26. The SMILES string of the molecule is COc1ccccc1Oc1c(CN(C[C@@H]2CCCO2)C(=O)C2CC2)c(-c2ccccc2)nn1C. The topological polar surface area (TPSA) is 65.8 Å². The molecule has 7 nitrogen and oxygen atoms in total. The van der Waals surface area contributed by atoms with E-state index in [0.29, 0.717) is 30.5 Å². The Morgan fingerprint density at radius 3 is 2.50 bits per heavy atom. The Bertz CT molecular complexity index is 1130. The second-order valence-electron chi connectivity index (χ2n) is 9.00. The molecule has 3 aromatic rings. The maximum atomic E-state index is 13.3. The van der Waals surface area contributed by atoms with Crippen LogP contribution in [0.15, 0.2) is 54.6 Å². The zero-order valence-corrected chi connectivity index (χ0v) is 19.8. The summed E-state index contributed by atoms with van der Waals surface area (Å²) in [6.45, 7) is 1.77. The van der Waals surface area contributed by atoms with E-state index in [0.717, 1.165) is 49.1 Å². The minimum absolute atomic E-state index is 0.0816. The second-order valence-corrected chi connectivity index (χ2v) is 9.00. The lowest BCUT2D eigenvalue weighted by molar-refractivity contribution is -0.134. The molecular formula is C27H31N3O4.